The normalized spacial score (nSPS) is 16.8. The number of anilines is 1. The van der Waals surface area contributed by atoms with E-state index in [9.17, 15) is 9.59 Å². The van der Waals surface area contributed by atoms with Crippen LogP contribution in [-0.4, -0.2) is 48.3 Å². The lowest BCUT2D eigenvalue weighted by molar-refractivity contribution is -0.134. The number of amides is 2. The van der Waals surface area contributed by atoms with Crippen LogP contribution in [0.25, 0.3) is 0 Å². The second-order valence-corrected chi connectivity index (χ2v) is 7.86. The lowest BCUT2D eigenvalue weighted by Crippen LogP contribution is -2.44. The minimum Gasteiger partial charge on any atom is -0.335 e. The summed E-state index contributed by atoms with van der Waals surface area (Å²) < 4.78 is 0. The minimum absolute atomic E-state index is 0.0328. The maximum Gasteiger partial charge on any atom is 0.243 e. The molecule has 1 aliphatic heterocycles. The fourth-order valence-corrected chi connectivity index (χ4v) is 4.18. The Bertz CT molecular complexity index is 785. The zero-order valence-corrected chi connectivity index (χ0v) is 16.3. The van der Waals surface area contributed by atoms with Gasteiger partial charge in [0.05, 0.1) is 13.1 Å². The Labute approximate surface area is 158 Å². The predicted octanol–water partition coefficient (Wildman–Crippen LogP) is 3.07. The topological polar surface area (TPSA) is 52.7 Å². The van der Waals surface area contributed by atoms with Gasteiger partial charge in [0.25, 0.3) is 0 Å². The molecule has 0 spiro atoms. The number of hydrogen-bond acceptors (Lipinski definition) is 4. The molecular weight excluding hydrogens is 346 g/mol. The van der Waals surface area contributed by atoms with Crippen LogP contribution in [0.5, 0.6) is 0 Å². The van der Waals surface area contributed by atoms with Gasteiger partial charge < -0.3 is 10.2 Å². The second kappa shape index (κ2) is 8.01. The third-order valence-electron chi connectivity index (χ3n) is 4.88. The van der Waals surface area contributed by atoms with Gasteiger partial charge in [-0.1, -0.05) is 17.7 Å². The molecule has 0 unspecified atom stereocenters. The smallest absolute Gasteiger partial charge is 0.243 e. The zero-order chi connectivity index (χ0) is 18.7. The summed E-state index contributed by atoms with van der Waals surface area (Å²) in [6.07, 6.45) is 0.988. The highest BCUT2D eigenvalue weighted by molar-refractivity contribution is 7.10. The molecule has 2 amide bonds. The van der Waals surface area contributed by atoms with Gasteiger partial charge in [-0.15, -0.1) is 11.3 Å². The number of hydrogen-bond donors (Lipinski definition) is 1. The highest BCUT2D eigenvalue weighted by atomic mass is 32.1. The van der Waals surface area contributed by atoms with Crippen molar-refractivity contribution in [3.8, 4) is 0 Å². The summed E-state index contributed by atoms with van der Waals surface area (Å²) in [6.45, 7) is 5.41. The highest BCUT2D eigenvalue weighted by Crippen LogP contribution is 2.32. The van der Waals surface area contributed by atoms with Crippen molar-refractivity contribution < 1.29 is 9.59 Å². The van der Waals surface area contributed by atoms with E-state index in [-0.39, 0.29) is 24.4 Å². The molecular formula is C20H25N3O2S. The van der Waals surface area contributed by atoms with E-state index in [1.54, 1.807) is 18.4 Å². The third-order valence-corrected chi connectivity index (χ3v) is 5.88. The molecule has 1 atom stereocenters. The number of carbonyl (C=O) groups excluding carboxylic acids is 2. The first-order valence-corrected chi connectivity index (χ1v) is 9.73. The Morgan fingerprint density at radius 2 is 2.00 bits per heavy atom. The van der Waals surface area contributed by atoms with Gasteiger partial charge in [0, 0.05) is 30.2 Å². The molecule has 3 rings (SSSR count). The molecule has 2 heterocycles. The standard InChI is InChI=1S/C20H25N3O2S/c1-14-4-6-16(7-5-14)21-19(24)12-22(3)20(25)13-23-10-8-18-17(15(23)2)9-11-26-18/h4-7,9,11,15H,8,10,12-13H2,1-3H3,(H,21,24)/t15-/m0/s1. The van der Waals surface area contributed by atoms with Crippen LogP contribution in [-0.2, 0) is 16.0 Å². The van der Waals surface area contributed by atoms with Gasteiger partial charge in [0.15, 0.2) is 0 Å². The van der Waals surface area contributed by atoms with Crippen LogP contribution in [0.1, 0.15) is 29.0 Å². The summed E-state index contributed by atoms with van der Waals surface area (Å²) in [5.41, 5.74) is 3.21. The van der Waals surface area contributed by atoms with Crippen LogP contribution in [0.15, 0.2) is 35.7 Å². The van der Waals surface area contributed by atoms with Crippen LogP contribution in [0.4, 0.5) is 5.69 Å². The average molecular weight is 372 g/mol. The Morgan fingerprint density at radius 3 is 2.73 bits per heavy atom. The highest BCUT2D eigenvalue weighted by Gasteiger charge is 2.27. The van der Waals surface area contributed by atoms with Gasteiger partial charge in [-0.25, -0.2) is 0 Å². The Kier molecular flexibility index (Phi) is 5.74. The molecule has 0 bridgehead atoms. The van der Waals surface area contributed by atoms with Crippen molar-refractivity contribution in [3.05, 3.63) is 51.7 Å². The number of nitrogens with zero attached hydrogens (tertiary/aromatic N) is 2. The molecule has 1 aliphatic rings. The molecule has 26 heavy (non-hydrogen) atoms. The Morgan fingerprint density at radius 1 is 1.27 bits per heavy atom. The van der Waals surface area contributed by atoms with Crippen molar-refractivity contribution in [1.29, 1.82) is 0 Å². The van der Waals surface area contributed by atoms with E-state index in [1.165, 1.54) is 15.3 Å². The number of benzene rings is 1. The number of thiophene rings is 1. The number of carbonyl (C=O) groups is 2. The van der Waals surface area contributed by atoms with Gasteiger partial charge in [-0.2, -0.15) is 0 Å². The lowest BCUT2D eigenvalue weighted by Gasteiger charge is -2.34. The third kappa shape index (κ3) is 4.31. The van der Waals surface area contributed by atoms with E-state index in [1.807, 2.05) is 31.2 Å². The molecule has 1 aromatic heterocycles. The SMILES string of the molecule is Cc1ccc(NC(=O)CN(C)C(=O)CN2CCc3sccc3[C@@H]2C)cc1. The maximum atomic E-state index is 12.5. The van der Waals surface area contributed by atoms with E-state index in [2.05, 4.69) is 28.6 Å². The molecule has 0 aliphatic carbocycles. The fraction of sp³-hybridized carbons (Fsp3) is 0.400. The first-order chi connectivity index (χ1) is 12.4. The molecule has 1 N–H and O–H groups in total. The molecule has 1 aromatic carbocycles. The maximum absolute atomic E-state index is 12.5. The Balaban J connectivity index is 1.51. The summed E-state index contributed by atoms with van der Waals surface area (Å²) >= 11 is 1.79. The van der Waals surface area contributed by atoms with Gasteiger partial charge in [0.2, 0.25) is 11.8 Å². The van der Waals surface area contributed by atoms with E-state index in [0.29, 0.717) is 6.54 Å². The molecule has 6 heteroatoms. The molecule has 0 radical (unpaired) electrons. The largest absolute Gasteiger partial charge is 0.335 e. The number of aryl methyl sites for hydroxylation is 1. The van der Waals surface area contributed by atoms with Crippen LogP contribution >= 0.6 is 11.3 Å². The molecule has 0 saturated carbocycles. The first kappa shape index (κ1) is 18.6. The summed E-state index contributed by atoms with van der Waals surface area (Å²) in [7, 11) is 1.68. The van der Waals surface area contributed by atoms with Gasteiger partial charge in [-0.05, 0) is 49.4 Å². The summed E-state index contributed by atoms with van der Waals surface area (Å²) in [6, 6.07) is 10.0. The van der Waals surface area contributed by atoms with Crippen molar-refractivity contribution in [2.45, 2.75) is 26.3 Å². The van der Waals surface area contributed by atoms with E-state index < -0.39 is 0 Å². The molecule has 0 saturated heterocycles. The monoisotopic (exact) mass is 371 g/mol. The molecule has 138 valence electrons. The predicted molar refractivity (Wildman–Crippen MR) is 105 cm³/mol. The molecule has 5 nitrogen and oxygen atoms in total. The fourth-order valence-electron chi connectivity index (χ4n) is 3.21. The number of fused-ring (bicyclic) bond motifs is 1. The lowest BCUT2D eigenvalue weighted by atomic mass is 10.0. The van der Waals surface area contributed by atoms with E-state index in [4.69, 9.17) is 0 Å². The average Bonchev–Trinajstić information content (AvgIpc) is 3.08. The van der Waals surface area contributed by atoms with Crippen molar-refractivity contribution >= 4 is 28.8 Å². The van der Waals surface area contributed by atoms with Gasteiger partial charge in [0.1, 0.15) is 0 Å². The summed E-state index contributed by atoms with van der Waals surface area (Å²) in [5, 5.41) is 4.95. The Hall–Kier alpha value is -2.18. The molecule has 2 aromatic rings. The summed E-state index contributed by atoms with van der Waals surface area (Å²) in [4.78, 5) is 29.8. The van der Waals surface area contributed by atoms with Crippen LogP contribution < -0.4 is 5.32 Å². The minimum atomic E-state index is -0.184. The number of likely N-dealkylation sites (N-methyl/N-ethyl adjacent to an activating group) is 1. The zero-order valence-electron chi connectivity index (χ0n) is 15.5. The van der Waals surface area contributed by atoms with Crippen LogP contribution in [0.3, 0.4) is 0 Å². The van der Waals surface area contributed by atoms with Crippen LogP contribution in [0.2, 0.25) is 0 Å². The number of nitrogens with one attached hydrogen (secondary N) is 1. The number of rotatable bonds is 5. The van der Waals surface area contributed by atoms with E-state index >= 15 is 0 Å². The van der Waals surface area contributed by atoms with Crippen LogP contribution in [0, 0.1) is 6.92 Å². The van der Waals surface area contributed by atoms with Crippen molar-refractivity contribution in [3.63, 3.8) is 0 Å². The van der Waals surface area contributed by atoms with Crippen molar-refractivity contribution in [1.82, 2.24) is 9.80 Å². The van der Waals surface area contributed by atoms with Gasteiger partial charge >= 0.3 is 0 Å². The second-order valence-electron chi connectivity index (χ2n) is 6.86. The quantitative estimate of drug-likeness (QED) is 0.879. The van der Waals surface area contributed by atoms with Crippen molar-refractivity contribution in [2.75, 3.05) is 32.0 Å². The first-order valence-electron chi connectivity index (χ1n) is 8.85. The van der Waals surface area contributed by atoms with E-state index in [0.717, 1.165) is 24.2 Å². The van der Waals surface area contributed by atoms with Crippen molar-refractivity contribution in [2.24, 2.45) is 0 Å². The van der Waals surface area contributed by atoms with Gasteiger partial charge in [-0.3, -0.25) is 14.5 Å². The summed E-state index contributed by atoms with van der Waals surface area (Å²) in [5.74, 6) is -0.217. The molecule has 0 fully saturated rings.